The molecule has 0 fully saturated rings. The summed E-state index contributed by atoms with van der Waals surface area (Å²) in [5.74, 6) is 0. The molecule has 0 saturated carbocycles. The van der Waals surface area contributed by atoms with Crippen molar-refractivity contribution in [3.05, 3.63) is 30.5 Å². The Morgan fingerprint density at radius 1 is 1.38 bits per heavy atom. The summed E-state index contributed by atoms with van der Waals surface area (Å²) < 4.78 is 0. The van der Waals surface area contributed by atoms with Crippen LogP contribution >= 0.6 is 0 Å². The summed E-state index contributed by atoms with van der Waals surface area (Å²) in [4.78, 5) is 0. The second-order valence-electron chi connectivity index (χ2n) is 3.72. The summed E-state index contributed by atoms with van der Waals surface area (Å²) in [6.07, 6.45) is 2.10. The average molecular weight is 217 g/mol. The third-order valence-corrected chi connectivity index (χ3v) is 2.55. The summed E-state index contributed by atoms with van der Waals surface area (Å²) in [5.41, 5.74) is 1.77. The lowest BCUT2D eigenvalue weighted by atomic mass is 10.2. The minimum absolute atomic E-state index is 0.327. The number of fused-ring (bicyclic) bond motifs is 1. The van der Waals surface area contributed by atoms with E-state index in [2.05, 4.69) is 15.5 Å². The van der Waals surface area contributed by atoms with Crippen molar-refractivity contribution in [2.24, 2.45) is 0 Å². The zero-order valence-electron chi connectivity index (χ0n) is 9.22. The second kappa shape index (κ2) is 4.90. The lowest BCUT2D eigenvalue weighted by molar-refractivity contribution is 0.183. The molecule has 0 aliphatic carbocycles. The van der Waals surface area contributed by atoms with Crippen LogP contribution in [0.1, 0.15) is 13.3 Å². The van der Waals surface area contributed by atoms with Gasteiger partial charge in [-0.3, -0.25) is 0 Å². The Labute approximate surface area is 94.3 Å². The van der Waals surface area contributed by atoms with Crippen molar-refractivity contribution in [2.75, 3.05) is 11.9 Å². The molecule has 4 nitrogen and oxygen atoms in total. The molecule has 1 atom stereocenters. The third-order valence-electron chi connectivity index (χ3n) is 2.55. The second-order valence-corrected chi connectivity index (χ2v) is 3.72. The molecule has 1 unspecified atom stereocenters. The molecule has 0 aliphatic rings. The van der Waals surface area contributed by atoms with Crippen LogP contribution in [-0.2, 0) is 0 Å². The number of benzene rings is 1. The first-order valence-electron chi connectivity index (χ1n) is 5.43. The lowest BCUT2D eigenvalue weighted by Gasteiger charge is -2.11. The molecular formula is C12H15N3O. The summed E-state index contributed by atoms with van der Waals surface area (Å²) >= 11 is 0. The first-order chi connectivity index (χ1) is 7.81. The molecule has 16 heavy (non-hydrogen) atoms. The molecule has 0 saturated heterocycles. The Hall–Kier alpha value is -1.68. The van der Waals surface area contributed by atoms with Crippen LogP contribution in [0.3, 0.4) is 0 Å². The summed E-state index contributed by atoms with van der Waals surface area (Å²) in [5, 5.41) is 21.7. The molecule has 1 aromatic carbocycles. The standard InChI is InChI=1S/C12H15N3O/c1-2-9(16)7-13-12-8-14-15-11-6-4-3-5-10(11)12/h3-6,8-9,16H,2,7H2,1H3,(H,13,15). The zero-order valence-corrected chi connectivity index (χ0v) is 9.22. The van der Waals surface area contributed by atoms with Crippen molar-refractivity contribution in [2.45, 2.75) is 19.4 Å². The van der Waals surface area contributed by atoms with E-state index in [1.165, 1.54) is 0 Å². The number of nitrogens with one attached hydrogen (secondary N) is 1. The summed E-state index contributed by atoms with van der Waals surface area (Å²) in [6, 6.07) is 7.81. The minimum atomic E-state index is -0.327. The van der Waals surface area contributed by atoms with Crippen LogP contribution in [0.4, 0.5) is 5.69 Å². The predicted molar refractivity (Wildman–Crippen MR) is 64.3 cm³/mol. The topological polar surface area (TPSA) is 58.0 Å². The van der Waals surface area contributed by atoms with E-state index in [-0.39, 0.29) is 6.10 Å². The fraction of sp³-hybridized carbons (Fsp3) is 0.333. The van der Waals surface area contributed by atoms with Crippen molar-refractivity contribution in [3.8, 4) is 0 Å². The Balaban J connectivity index is 2.23. The van der Waals surface area contributed by atoms with Gasteiger partial charge >= 0.3 is 0 Å². The Morgan fingerprint density at radius 3 is 3.00 bits per heavy atom. The molecule has 84 valence electrons. The van der Waals surface area contributed by atoms with E-state index in [9.17, 15) is 5.11 Å². The first-order valence-corrected chi connectivity index (χ1v) is 5.43. The van der Waals surface area contributed by atoms with E-state index in [0.29, 0.717) is 6.54 Å². The van der Waals surface area contributed by atoms with Crippen molar-refractivity contribution in [3.63, 3.8) is 0 Å². The van der Waals surface area contributed by atoms with Gasteiger partial charge in [0, 0.05) is 11.9 Å². The van der Waals surface area contributed by atoms with Crippen LogP contribution in [-0.4, -0.2) is 28.0 Å². The number of anilines is 1. The predicted octanol–water partition coefficient (Wildman–Crippen LogP) is 1.81. The van der Waals surface area contributed by atoms with E-state index < -0.39 is 0 Å². The highest BCUT2D eigenvalue weighted by molar-refractivity contribution is 5.90. The van der Waals surface area contributed by atoms with Crippen molar-refractivity contribution in [1.82, 2.24) is 10.2 Å². The van der Waals surface area contributed by atoms with Gasteiger partial charge in [0.05, 0.1) is 23.5 Å². The molecule has 1 aromatic heterocycles. The summed E-state index contributed by atoms with van der Waals surface area (Å²) in [7, 11) is 0. The van der Waals surface area contributed by atoms with E-state index in [1.807, 2.05) is 31.2 Å². The quantitative estimate of drug-likeness (QED) is 0.820. The fourth-order valence-corrected chi connectivity index (χ4v) is 1.52. The number of nitrogens with zero attached hydrogens (tertiary/aromatic N) is 2. The smallest absolute Gasteiger partial charge is 0.0950 e. The highest BCUT2D eigenvalue weighted by Gasteiger charge is 2.04. The van der Waals surface area contributed by atoms with Gasteiger partial charge in [0.1, 0.15) is 0 Å². The first kappa shape index (κ1) is 10.8. The lowest BCUT2D eigenvalue weighted by Crippen LogP contribution is -2.18. The average Bonchev–Trinajstić information content (AvgIpc) is 2.35. The van der Waals surface area contributed by atoms with E-state index in [1.54, 1.807) is 6.20 Å². The van der Waals surface area contributed by atoms with Crippen LogP contribution in [0.15, 0.2) is 30.5 Å². The van der Waals surface area contributed by atoms with E-state index >= 15 is 0 Å². The highest BCUT2D eigenvalue weighted by Crippen LogP contribution is 2.19. The highest BCUT2D eigenvalue weighted by atomic mass is 16.3. The van der Waals surface area contributed by atoms with Crippen LogP contribution < -0.4 is 5.32 Å². The number of hydrogen-bond donors (Lipinski definition) is 2. The monoisotopic (exact) mass is 217 g/mol. The maximum Gasteiger partial charge on any atom is 0.0950 e. The van der Waals surface area contributed by atoms with Gasteiger partial charge in [0.15, 0.2) is 0 Å². The van der Waals surface area contributed by atoms with Gasteiger partial charge in [-0.2, -0.15) is 10.2 Å². The van der Waals surface area contributed by atoms with E-state index in [4.69, 9.17) is 0 Å². The molecular weight excluding hydrogens is 202 g/mol. The third kappa shape index (κ3) is 2.28. The molecule has 0 amide bonds. The zero-order chi connectivity index (χ0) is 11.4. The van der Waals surface area contributed by atoms with Crippen molar-refractivity contribution >= 4 is 16.6 Å². The van der Waals surface area contributed by atoms with Gasteiger partial charge in [-0.25, -0.2) is 0 Å². The van der Waals surface area contributed by atoms with Crippen LogP contribution in [0, 0.1) is 0 Å². The molecule has 1 heterocycles. The molecule has 2 aromatic rings. The van der Waals surface area contributed by atoms with Gasteiger partial charge in [-0.15, -0.1) is 0 Å². The number of aliphatic hydroxyl groups excluding tert-OH is 1. The number of hydrogen-bond acceptors (Lipinski definition) is 4. The minimum Gasteiger partial charge on any atom is -0.391 e. The normalized spacial score (nSPS) is 12.6. The van der Waals surface area contributed by atoms with Crippen LogP contribution in [0.25, 0.3) is 10.9 Å². The Kier molecular flexibility index (Phi) is 3.31. The molecule has 0 aliphatic heterocycles. The number of aliphatic hydroxyl groups is 1. The maximum absolute atomic E-state index is 9.49. The van der Waals surface area contributed by atoms with Gasteiger partial charge < -0.3 is 10.4 Å². The molecule has 2 N–H and O–H groups in total. The van der Waals surface area contributed by atoms with Crippen LogP contribution in [0.5, 0.6) is 0 Å². The SMILES string of the molecule is CCC(O)CNc1cnnc2ccccc12. The van der Waals surface area contributed by atoms with Gasteiger partial charge in [-0.1, -0.05) is 25.1 Å². The molecule has 0 spiro atoms. The molecule has 2 rings (SSSR count). The van der Waals surface area contributed by atoms with Gasteiger partial charge in [0.2, 0.25) is 0 Å². The molecule has 0 radical (unpaired) electrons. The number of aromatic nitrogens is 2. The largest absolute Gasteiger partial charge is 0.391 e. The van der Waals surface area contributed by atoms with Crippen molar-refractivity contribution in [1.29, 1.82) is 0 Å². The molecule has 4 heteroatoms. The van der Waals surface area contributed by atoms with Crippen LogP contribution in [0.2, 0.25) is 0 Å². The maximum atomic E-state index is 9.49. The summed E-state index contributed by atoms with van der Waals surface area (Å²) in [6.45, 7) is 2.49. The Bertz CT molecular complexity index is 467. The van der Waals surface area contributed by atoms with Gasteiger partial charge in [-0.05, 0) is 12.5 Å². The van der Waals surface area contributed by atoms with Gasteiger partial charge in [0.25, 0.3) is 0 Å². The Morgan fingerprint density at radius 2 is 2.19 bits per heavy atom. The number of rotatable bonds is 4. The van der Waals surface area contributed by atoms with E-state index in [0.717, 1.165) is 23.0 Å². The molecule has 0 bridgehead atoms. The van der Waals surface area contributed by atoms with Crippen molar-refractivity contribution < 1.29 is 5.11 Å². The fourth-order valence-electron chi connectivity index (χ4n) is 1.52.